The summed E-state index contributed by atoms with van der Waals surface area (Å²) in [6.07, 6.45) is 6.18. The van der Waals surface area contributed by atoms with Crippen LogP contribution in [-0.4, -0.2) is 47.7 Å². The molecule has 2 fully saturated rings. The predicted molar refractivity (Wildman–Crippen MR) is 159 cm³/mol. The number of ketones is 1. The summed E-state index contributed by atoms with van der Waals surface area (Å²) in [4.78, 5) is 39.9. The molecule has 2 aliphatic carbocycles. The molecule has 0 radical (unpaired) electrons. The number of aliphatic hydroxyl groups excluding tert-OH is 1. The predicted octanol–water partition coefficient (Wildman–Crippen LogP) is 6.64. The van der Waals surface area contributed by atoms with Gasteiger partial charge < -0.3 is 19.3 Å². The Hall–Kier alpha value is -2.41. The number of fused-ring (bicyclic) bond motifs is 1. The van der Waals surface area contributed by atoms with E-state index in [0.29, 0.717) is 24.2 Å². The zero-order valence-electron chi connectivity index (χ0n) is 26.7. The monoisotopic (exact) mass is 572 g/mol. The molecule has 3 rings (SSSR count). The van der Waals surface area contributed by atoms with Crippen molar-refractivity contribution in [2.24, 2.45) is 28.6 Å². The number of allylic oxidation sites excluding steroid dienone is 4. The Morgan fingerprint density at radius 3 is 2.41 bits per heavy atom. The second-order valence-electron chi connectivity index (χ2n) is 13.6. The van der Waals surface area contributed by atoms with Gasteiger partial charge in [-0.05, 0) is 89.4 Å². The van der Waals surface area contributed by atoms with Gasteiger partial charge in [-0.2, -0.15) is 0 Å². The Morgan fingerprint density at radius 1 is 1.22 bits per heavy atom. The van der Waals surface area contributed by atoms with E-state index in [1.165, 1.54) is 12.7 Å². The number of aliphatic hydroxyl groups is 1. The third-order valence-electron chi connectivity index (χ3n) is 10.8. The minimum atomic E-state index is -1.72. The summed E-state index contributed by atoms with van der Waals surface area (Å²) in [5.74, 6) is -1.35. The van der Waals surface area contributed by atoms with E-state index in [9.17, 15) is 19.5 Å². The van der Waals surface area contributed by atoms with Gasteiger partial charge in [-0.25, -0.2) is 9.59 Å². The van der Waals surface area contributed by atoms with E-state index in [1.54, 1.807) is 13.8 Å². The Labute approximate surface area is 246 Å². The Kier molecular flexibility index (Phi) is 10.0. The fourth-order valence-corrected chi connectivity index (χ4v) is 7.87. The molecule has 1 N–H and O–H groups in total. The number of carbonyl (C=O) groups excluding carboxylic acids is 3. The van der Waals surface area contributed by atoms with Crippen LogP contribution in [0.15, 0.2) is 35.1 Å². The Balaban J connectivity index is 2.02. The zero-order chi connectivity index (χ0) is 30.9. The van der Waals surface area contributed by atoms with Crippen molar-refractivity contribution in [3.8, 4) is 0 Å². The smallest absolute Gasteiger partial charge is 0.358 e. The lowest BCUT2D eigenvalue weighted by atomic mass is 9.44. The lowest BCUT2D eigenvalue weighted by Gasteiger charge is -2.61. The van der Waals surface area contributed by atoms with Crippen LogP contribution in [0.4, 0.5) is 0 Å². The molecule has 0 aromatic heterocycles. The SMILES string of the molecule is C=C1CC[C@H]2[C@](C)(CCC=C(C)C)[C@@H](OC(=O)[C@H](O)[C@@H](C)CC)CC[C@]2(C)[C@@H]1C[C@@]1(C(=O)OC)OC(C)=C(C)C1=O. The van der Waals surface area contributed by atoms with Gasteiger partial charge in [0.1, 0.15) is 11.9 Å². The minimum absolute atomic E-state index is 0.129. The van der Waals surface area contributed by atoms with Crippen molar-refractivity contribution in [1.29, 1.82) is 0 Å². The lowest BCUT2D eigenvalue weighted by Crippen LogP contribution is -2.59. The van der Waals surface area contributed by atoms with E-state index in [4.69, 9.17) is 14.2 Å². The number of ether oxygens (including phenoxy) is 3. The van der Waals surface area contributed by atoms with Crippen molar-refractivity contribution < 1.29 is 33.7 Å². The Morgan fingerprint density at radius 2 is 1.88 bits per heavy atom. The average Bonchev–Trinajstić information content (AvgIpc) is 3.14. The van der Waals surface area contributed by atoms with Crippen molar-refractivity contribution in [2.75, 3.05) is 7.11 Å². The topological polar surface area (TPSA) is 99.1 Å². The Bertz CT molecular complexity index is 1110. The number of hydrogen-bond donors (Lipinski definition) is 1. The van der Waals surface area contributed by atoms with E-state index in [-0.39, 0.29) is 46.9 Å². The van der Waals surface area contributed by atoms with Crippen LogP contribution in [0.2, 0.25) is 0 Å². The first-order valence-corrected chi connectivity index (χ1v) is 15.3. The molecule has 0 bridgehead atoms. The van der Waals surface area contributed by atoms with Gasteiger partial charge >= 0.3 is 11.9 Å². The molecule has 1 heterocycles. The molecule has 3 aliphatic rings. The maximum atomic E-state index is 13.5. The number of carbonyl (C=O) groups is 3. The third kappa shape index (κ3) is 5.93. The maximum Gasteiger partial charge on any atom is 0.358 e. The van der Waals surface area contributed by atoms with Crippen LogP contribution < -0.4 is 0 Å². The molecule has 41 heavy (non-hydrogen) atoms. The van der Waals surface area contributed by atoms with Gasteiger partial charge in [-0.3, -0.25) is 4.79 Å². The van der Waals surface area contributed by atoms with Gasteiger partial charge in [0.05, 0.1) is 7.11 Å². The van der Waals surface area contributed by atoms with Crippen molar-refractivity contribution in [2.45, 2.75) is 125 Å². The number of esters is 2. The normalized spacial score (nSPS) is 34.8. The number of methoxy groups -OCH3 is 1. The number of hydrogen-bond acceptors (Lipinski definition) is 7. The summed E-state index contributed by atoms with van der Waals surface area (Å²) < 4.78 is 17.4. The van der Waals surface area contributed by atoms with Crippen LogP contribution >= 0.6 is 0 Å². The fourth-order valence-electron chi connectivity index (χ4n) is 7.87. The number of Topliss-reactive ketones (excluding diaryl/α,β-unsaturated/α-hetero) is 1. The third-order valence-corrected chi connectivity index (χ3v) is 10.8. The quantitative estimate of drug-likeness (QED) is 0.178. The second kappa shape index (κ2) is 12.4. The highest BCUT2D eigenvalue weighted by molar-refractivity contribution is 6.16. The van der Waals surface area contributed by atoms with Crippen molar-refractivity contribution >= 4 is 17.7 Å². The molecule has 8 atom stereocenters. The van der Waals surface area contributed by atoms with Gasteiger partial charge in [-0.15, -0.1) is 0 Å². The highest BCUT2D eigenvalue weighted by Gasteiger charge is 2.63. The molecule has 230 valence electrons. The zero-order valence-corrected chi connectivity index (χ0v) is 26.7. The average molecular weight is 573 g/mol. The first-order valence-electron chi connectivity index (χ1n) is 15.3. The molecule has 7 nitrogen and oxygen atoms in total. The van der Waals surface area contributed by atoms with Crippen molar-refractivity contribution in [3.05, 3.63) is 35.1 Å². The molecule has 0 aromatic rings. The molecule has 1 aliphatic heterocycles. The summed E-state index contributed by atoms with van der Waals surface area (Å²) in [6.45, 7) is 20.3. The van der Waals surface area contributed by atoms with Crippen LogP contribution in [0.1, 0.15) is 107 Å². The summed E-state index contributed by atoms with van der Waals surface area (Å²) in [7, 11) is 1.29. The first kappa shape index (κ1) is 33.1. The molecule has 7 heteroatoms. The van der Waals surface area contributed by atoms with Gasteiger partial charge in [0.25, 0.3) is 5.60 Å². The van der Waals surface area contributed by atoms with Crippen molar-refractivity contribution in [3.63, 3.8) is 0 Å². The maximum absolute atomic E-state index is 13.5. The summed E-state index contributed by atoms with van der Waals surface area (Å²) in [6, 6.07) is 0. The van der Waals surface area contributed by atoms with Gasteiger partial charge in [0, 0.05) is 17.4 Å². The molecule has 0 saturated heterocycles. The molecule has 0 unspecified atom stereocenters. The van der Waals surface area contributed by atoms with E-state index < -0.39 is 23.6 Å². The van der Waals surface area contributed by atoms with Gasteiger partial charge in [0.2, 0.25) is 5.78 Å². The van der Waals surface area contributed by atoms with Gasteiger partial charge in [0.15, 0.2) is 6.10 Å². The highest BCUT2D eigenvalue weighted by atomic mass is 16.6. The molecule has 0 aromatic carbocycles. The largest absolute Gasteiger partial charge is 0.471 e. The second-order valence-corrected chi connectivity index (χ2v) is 13.6. The number of rotatable bonds is 10. The fraction of sp³-hybridized carbons (Fsp3) is 0.735. The van der Waals surface area contributed by atoms with Crippen molar-refractivity contribution in [1.82, 2.24) is 0 Å². The standard InChI is InChI=1S/C34H52O7/c1-11-21(4)28(35)30(37)40-27-16-18-32(8)25(19-34(31(38)39-10)29(36)23(6)24(7)41-34)22(5)14-15-26(32)33(27,9)17-12-13-20(2)3/h13,21,25-28,35H,5,11-12,14-19H2,1-4,6-10H3/t21-,25+,26+,27-,28+,32+,33-,34+/m0/s1. The van der Waals surface area contributed by atoms with Crippen LogP contribution in [0.5, 0.6) is 0 Å². The minimum Gasteiger partial charge on any atom is -0.471 e. The molecular weight excluding hydrogens is 520 g/mol. The van der Waals surface area contributed by atoms with Crippen LogP contribution in [0.25, 0.3) is 0 Å². The highest BCUT2D eigenvalue weighted by Crippen LogP contribution is 2.64. The van der Waals surface area contributed by atoms with Crippen LogP contribution in [-0.2, 0) is 28.6 Å². The van der Waals surface area contributed by atoms with E-state index in [0.717, 1.165) is 37.7 Å². The molecule has 2 saturated carbocycles. The lowest BCUT2D eigenvalue weighted by molar-refractivity contribution is -0.194. The van der Waals surface area contributed by atoms with E-state index in [2.05, 4.69) is 40.3 Å². The molecule has 0 spiro atoms. The summed E-state index contributed by atoms with van der Waals surface area (Å²) in [5, 5.41) is 10.6. The van der Waals surface area contributed by atoms with Crippen LogP contribution in [0.3, 0.4) is 0 Å². The van der Waals surface area contributed by atoms with Crippen LogP contribution in [0, 0.1) is 28.6 Å². The van der Waals surface area contributed by atoms with E-state index in [1.807, 2.05) is 13.8 Å². The first-order chi connectivity index (χ1) is 19.1. The summed E-state index contributed by atoms with van der Waals surface area (Å²) in [5.41, 5.74) is 0.274. The summed E-state index contributed by atoms with van der Waals surface area (Å²) >= 11 is 0. The van der Waals surface area contributed by atoms with E-state index >= 15 is 0 Å². The van der Waals surface area contributed by atoms with Gasteiger partial charge in [-0.1, -0.05) is 57.9 Å². The molecule has 0 amide bonds. The molecular formula is C34H52O7.